The molecule has 0 spiro atoms. The van der Waals surface area contributed by atoms with E-state index < -0.39 is 24.0 Å². The lowest BCUT2D eigenvalue weighted by atomic mass is 9.93. The fraction of sp³-hybridized carbons (Fsp3) is 0.353. The van der Waals surface area contributed by atoms with Crippen molar-refractivity contribution < 1.29 is 23.9 Å². The summed E-state index contributed by atoms with van der Waals surface area (Å²) in [6, 6.07) is 4.93. The van der Waals surface area contributed by atoms with Crippen molar-refractivity contribution >= 4 is 23.7 Å². The SMILES string of the molecule is CCOC(=O)CC1=C(C(=O)OCC)C(c2ccccc2N=[N+]=[N-])NC(=O)N1. The minimum absolute atomic E-state index is 0.0464. The van der Waals surface area contributed by atoms with Gasteiger partial charge in [0.1, 0.15) is 0 Å². The predicted octanol–water partition coefficient (Wildman–Crippen LogP) is 2.75. The van der Waals surface area contributed by atoms with Gasteiger partial charge < -0.3 is 20.1 Å². The van der Waals surface area contributed by atoms with Gasteiger partial charge in [0.05, 0.1) is 31.2 Å². The van der Waals surface area contributed by atoms with Crippen LogP contribution in [0.1, 0.15) is 31.9 Å². The maximum atomic E-state index is 12.6. The van der Waals surface area contributed by atoms with Gasteiger partial charge in [-0.1, -0.05) is 29.4 Å². The first-order valence-corrected chi connectivity index (χ1v) is 8.29. The zero-order valence-corrected chi connectivity index (χ0v) is 14.9. The van der Waals surface area contributed by atoms with E-state index in [4.69, 9.17) is 15.0 Å². The number of urea groups is 1. The molecule has 1 aliphatic rings. The molecule has 1 aromatic rings. The van der Waals surface area contributed by atoms with Crippen molar-refractivity contribution in [2.45, 2.75) is 26.3 Å². The highest BCUT2D eigenvalue weighted by atomic mass is 16.5. The molecule has 1 unspecified atom stereocenters. The van der Waals surface area contributed by atoms with Gasteiger partial charge in [-0.3, -0.25) is 4.79 Å². The first-order valence-electron chi connectivity index (χ1n) is 8.29. The number of azide groups is 1. The van der Waals surface area contributed by atoms with Crippen molar-refractivity contribution in [1.82, 2.24) is 10.6 Å². The topological polar surface area (TPSA) is 142 Å². The van der Waals surface area contributed by atoms with Crippen LogP contribution in [0.5, 0.6) is 0 Å². The third kappa shape index (κ3) is 4.77. The van der Waals surface area contributed by atoms with Crippen LogP contribution in [0, 0.1) is 0 Å². The highest BCUT2D eigenvalue weighted by Gasteiger charge is 2.35. The van der Waals surface area contributed by atoms with Crippen LogP contribution in [0.15, 0.2) is 40.6 Å². The summed E-state index contributed by atoms with van der Waals surface area (Å²) in [5.74, 6) is -1.30. The van der Waals surface area contributed by atoms with Crippen LogP contribution in [-0.2, 0) is 19.1 Å². The first-order chi connectivity index (χ1) is 13.0. The molecule has 0 saturated carbocycles. The molecule has 142 valence electrons. The smallest absolute Gasteiger partial charge is 0.338 e. The van der Waals surface area contributed by atoms with Gasteiger partial charge in [-0.25, -0.2) is 9.59 Å². The summed E-state index contributed by atoms with van der Waals surface area (Å²) in [6.07, 6.45) is -0.310. The van der Waals surface area contributed by atoms with E-state index in [0.717, 1.165) is 0 Å². The molecule has 2 N–H and O–H groups in total. The standard InChI is InChI=1S/C17H19N5O5/c1-3-26-13(23)9-12-14(16(24)27-4-2)15(20-17(25)19-12)10-7-5-6-8-11(10)21-22-18/h5-8,15H,3-4,9H2,1-2H3,(H2,19,20,25). The molecular weight excluding hydrogens is 354 g/mol. The summed E-state index contributed by atoms with van der Waals surface area (Å²) in [6.45, 7) is 3.56. The van der Waals surface area contributed by atoms with Crippen LogP contribution in [0.25, 0.3) is 10.4 Å². The van der Waals surface area contributed by atoms with E-state index in [0.29, 0.717) is 5.56 Å². The summed E-state index contributed by atoms with van der Waals surface area (Å²) in [5, 5.41) is 8.69. The van der Waals surface area contributed by atoms with Crippen LogP contribution in [0.2, 0.25) is 0 Å². The molecule has 0 fully saturated rings. The van der Waals surface area contributed by atoms with Gasteiger partial charge in [0.15, 0.2) is 0 Å². The molecule has 10 heteroatoms. The van der Waals surface area contributed by atoms with Gasteiger partial charge in [0.2, 0.25) is 0 Å². The van der Waals surface area contributed by atoms with Gasteiger partial charge in [-0.2, -0.15) is 0 Å². The van der Waals surface area contributed by atoms with Gasteiger partial charge in [0, 0.05) is 16.3 Å². The Morgan fingerprint density at radius 3 is 2.59 bits per heavy atom. The molecule has 2 amide bonds. The Hall–Kier alpha value is -3.52. The van der Waals surface area contributed by atoms with Gasteiger partial charge >= 0.3 is 18.0 Å². The number of carbonyl (C=O) groups excluding carboxylic acids is 3. The van der Waals surface area contributed by atoms with Crippen LogP contribution >= 0.6 is 0 Å². The van der Waals surface area contributed by atoms with Gasteiger partial charge in [-0.05, 0) is 24.9 Å². The van der Waals surface area contributed by atoms with E-state index in [1.807, 2.05) is 0 Å². The summed E-state index contributed by atoms with van der Waals surface area (Å²) in [5.41, 5.74) is 9.54. The van der Waals surface area contributed by atoms with Crippen molar-refractivity contribution in [3.63, 3.8) is 0 Å². The number of hydrogen-bond acceptors (Lipinski definition) is 6. The Morgan fingerprint density at radius 2 is 1.93 bits per heavy atom. The zero-order chi connectivity index (χ0) is 19.8. The Bertz CT molecular complexity index is 829. The number of esters is 2. The van der Waals surface area contributed by atoms with Crippen LogP contribution in [0.3, 0.4) is 0 Å². The second-order valence-corrected chi connectivity index (χ2v) is 5.37. The normalized spacial score (nSPS) is 15.9. The van der Waals surface area contributed by atoms with Crippen molar-refractivity contribution in [3.8, 4) is 0 Å². The molecule has 0 aromatic heterocycles. The highest BCUT2D eigenvalue weighted by Crippen LogP contribution is 2.34. The molecule has 1 heterocycles. The lowest BCUT2D eigenvalue weighted by Gasteiger charge is -2.29. The van der Waals surface area contributed by atoms with Crippen LogP contribution in [0.4, 0.5) is 10.5 Å². The predicted molar refractivity (Wildman–Crippen MR) is 94.6 cm³/mol. The molecule has 2 rings (SSSR count). The quantitative estimate of drug-likeness (QED) is 0.327. The molecule has 10 nitrogen and oxygen atoms in total. The third-order valence-electron chi connectivity index (χ3n) is 3.68. The molecule has 0 bridgehead atoms. The number of benzene rings is 1. The number of hydrogen-bond donors (Lipinski definition) is 2. The molecule has 1 aromatic carbocycles. The lowest BCUT2D eigenvalue weighted by Crippen LogP contribution is -2.46. The Labute approximate surface area is 155 Å². The molecule has 1 aliphatic heterocycles. The van der Waals surface area contributed by atoms with Crippen molar-refractivity contribution in [2.75, 3.05) is 13.2 Å². The second-order valence-electron chi connectivity index (χ2n) is 5.37. The largest absolute Gasteiger partial charge is 0.466 e. The molecule has 0 radical (unpaired) electrons. The number of nitrogens with one attached hydrogen (secondary N) is 2. The minimum Gasteiger partial charge on any atom is -0.466 e. The maximum Gasteiger partial charge on any atom is 0.338 e. The Kier molecular flexibility index (Phi) is 6.79. The lowest BCUT2D eigenvalue weighted by molar-refractivity contribution is -0.142. The van der Waals surface area contributed by atoms with Gasteiger partial charge in [-0.15, -0.1) is 0 Å². The summed E-state index contributed by atoms with van der Waals surface area (Å²) in [7, 11) is 0. The number of nitrogens with zero attached hydrogens (tertiary/aromatic N) is 3. The van der Waals surface area contributed by atoms with Crippen LogP contribution in [-0.4, -0.2) is 31.2 Å². The number of ether oxygens (including phenoxy) is 2. The average molecular weight is 373 g/mol. The summed E-state index contributed by atoms with van der Waals surface area (Å²) < 4.78 is 10.0. The Morgan fingerprint density at radius 1 is 1.22 bits per heavy atom. The second kappa shape index (κ2) is 9.25. The third-order valence-corrected chi connectivity index (χ3v) is 3.68. The Balaban J connectivity index is 2.59. The first kappa shape index (κ1) is 19.8. The fourth-order valence-electron chi connectivity index (χ4n) is 2.67. The van der Waals surface area contributed by atoms with E-state index in [-0.39, 0.29) is 36.6 Å². The summed E-state index contributed by atoms with van der Waals surface area (Å²) >= 11 is 0. The molecule has 0 saturated heterocycles. The van der Waals surface area contributed by atoms with E-state index in [2.05, 4.69) is 20.7 Å². The molecule has 1 atom stereocenters. The van der Waals surface area contributed by atoms with Crippen molar-refractivity contribution in [3.05, 3.63) is 51.5 Å². The summed E-state index contributed by atoms with van der Waals surface area (Å²) in [4.78, 5) is 39.4. The average Bonchev–Trinajstić information content (AvgIpc) is 2.62. The van der Waals surface area contributed by atoms with Gasteiger partial charge in [0.25, 0.3) is 0 Å². The zero-order valence-electron chi connectivity index (χ0n) is 14.9. The van der Waals surface area contributed by atoms with Crippen molar-refractivity contribution in [1.29, 1.82) is 0 Å². The van der Waals surface area contributed by atoms with E-state index >= 15 is 0 Å². The molecular formula is C17H19N5O5. The van der Waals surface area contributed by atoms with E-state index in [1.54, 1.807) is 38.1 Å². The minimum atomic E-state index is -0.955. The molecule has 27 heavy (non-hydrogen) atoms. The monoisotopic (exact) mass is 373 g/mol. The maximum absolute atomic E-state index is 12.6. The van der Waals surface area contributed by atoms with Crippen LogP contribution < -0.4 is 10.6 Å². The molecule has 0 aliphatic carbocycles. The number of carbonyl (C=O) groups is 3. The number of rotatable bonds is 7. The number of amides is 2. The fourth-order valence-corrected chi connectivity index (χ4v) is 2.67. The van der Waals surface area contributed by atoms with Crippen molar-refractivity contribution in [2.24, 2.45) is 5.11 Å². The van der Waals surface area contributed by atoms with E-state index in [1.165, 1.54) is 0 Å². The highest BCUT2D eigenvalue weighted by molar-refractivity contribution is 5.96. The van der Waals surface area contributed by atoms with E-state index in [9.17, 15) is 14.4 Å².